The number of hydrogen-bond donors (Lipinski definition) is 1. The second-order valence-electron chi connectivity index (χ2n) is 5.25. The van der Waals surface area contributed by atoms with Crippen molar-refractivity contribution >= 4 is 17.5 Å². The van der Waals surface area contributed by atoms with E-state index in [9.17, 15) is 9.59 Å². The van der Waals surface area contributed by atoms with Gasteiger partial charge < -0.3 is 15.0 Å². The molecular formula is C15H20N2O3. The van der Waals surface area contributed by atoms with Crippen LogP contribution in [0, 0.1) is 5.92 Å². The van der Waals surface area contributed by atoms with Gasteiger partial charge in [0.2, 0.25) is 5.91 Å². The molecule has 5 heteroatoms. The van der Waals surface area contributed by atoms with Gasteiger partial charge in [-0.15, -0.1) is 0 Å². The predicted octanol–water partition coefficient (Wildman–Crippen LogP) is 1.57. The van der Waals surface area contributed by atoms with Gasteiger partial charge in [0.15, 0.2) is 6.61 Å². The molecule has 5 nitrogen and oxygen atoms in total. The highest BCUT2D eigenvalue weighted by atomic mass is 16.5. The third-order valence-electron chi connectivity index (χ3n) is 3.06. The van der Waals surface area contributed by atoms with Crippen molar-refractivity contribution in [2.45, 2.75) is 20.3 Å². The van der Waals surface area contributed by atoms with E-state index in [0.717, 1.165) is 5.69 Å². The van der Waals surface area contributed by atoms with Gasteiger partial charge in [-0.3, -0.25) is 9.59 Å². The zero-order chi connectivity index (χ0) is 14.5. The summed E-state index contributed by atoms with van der Waals surface area (Å²) in [5.41, 5.74) is 0.766. The number of nitrogens with one attached hydrogen (secondary N) is 1. The van der Waals surface area contributed by atoms with Crippen LogP contribution in [0.15, 0.2) is 24.3 Å². The fourth-order valence-electron chi connectivity index (χ4n) is 2.15. The lowest BCUT2D eigenvalue weighted by atomic mass is 10.1. The van der Waals surface area contributed by atoms with Crippen molar-refractivity contribution in [3.8, 4) is 5.75 Å². The summed E-state index contributed by atoms with van der Waals surface area (Å²) < 4.78 is 5.37. The molecule has 0 saturated heterocycles. The summed E-state index contributed by atoms with van der Waals surface area (Å²) in [6.45, 7) is 4.97. The highest BCUT2D eigenvalue weighted by Gasteiger charge is 2.24. The predicted molar refractivity (Wildman–Crippen MR) is 76.8 cm³/mol. The monoisotopic (exact) mass is 276 g/mol. The van der Waals surface area contributed by atoms with Crippen LogP contribution in [0.5, 0.6) is 5.75 Å². The average molecular weight is 276 g/mol. The van der Waals surface area contributed by atoms with E-state index in [0.29, 0.717) is 31.2 Å². The summed E-state index contributed by atoms with van der Waals surface area (Å²) in [6, 6.07) is 7.43. The van der Waals surface area contributed by atoms with E-state index in [2.05, 4.69) is 5.32 Å². The van der Waals surface area contributed by atoms with Crippen LogP contribution in [-0.4, -0.2) is 31.5 Å². The van der Waals surface area contributed by atoms with E-state index in [-0.39, 0.29) is 18.4 Å². The number of rotatable bonds is 5. The van der Waals surface area contributed by atoms with Gasteiger partial charge in [-0.1, -0.05) is 26.0 Å². The van der Waals surface area contributed by atoms with Crippen LogP contribution in [-0.2, 0) is 9.59 Å². The Labute approximate surface area is 118 Å². The van der Waals surface area contributed by atoms with Gasteiger partial charge in [0.05, 0.1) is 5.69 Å². The van der Waals surface area contributed by atoms with Crippen LogP contribution < -0.4 is 15.0 Å². The summed E-state index contributed by atoms with van der Waals surface area (Å²) in [5, 5.41) is 2.84. The summed E-state index contributed by atoms with van der Waals surface area (Å²) >= 11 is 0. The molecular weight excluding hydrogens is 256 g/mol. The fraction of sp³-hybridized carbons (Fsp3) is 0.467. The van der Waals surface area contributed by atoms with Crippen molar-refractivity contribution in [1.29, 1.82) is 0 Å². The SMILES string of the molecule is CC(C)CC(=O)NCCN1C(=O)COc2ccccc21. The van der Waals surface area contributed by atoms with Crippen LogP contribution >= 0.6 is 0 Å². The Hall–Kier alpha value is -2.04. The molecule has 0 aromatic heterocycles. The first-order chi connectivity index (χ1) is 9.58. The van der Waals surface area contributed by atoms with Gasteiger partial charge in [-0.25, -0.2) is 0 Å². The Morgan fingerprint density at radius 3 is 2.90 bits per heavy atom. The maximum Gasteiger partial charge on any atom is 0.265 e. The molecule has 2 rings (SSSR count). The Balaban J connectivity index is 1.92. The van der Waals surface area contributed by atoms with Crippen LogP contribution in [0.4, 0.5) is 5.69 Å². The summed E-state index contributed by atoms with van der Waals surface area (Å²) in [4.78, 5) is 25.1. The lowest BCUT2D eigenvalue weighted by molar-refractivity contribution is -0.123. The summed E-state index contributed by atoms with van der Waals surface area (Å²) in [7, 11) is 0. The second kappa shape index (κ2) is 6.41. The van der Waals surface area contributed by atoms with Crippen molar-refractivity contribution in [3.05, 3.63) is 24.3 Å². The number of para-hydroxylation sites is 2. The van der Waals surface area contributed by atoms with Crippen LogP contribution in [0.2, 0.25) is 0 Å². The number of ether oxygens (including phenoxy) is 1. The summed E-state index contributed by atoms with van der Waals surface area (Å²) in [6.07, 6.45) is 0.508. The highest BCUT2D eigenvalue weighted by molar-refractivity contribution is 5.97. The van der Waals surface area contributed by atoms with Gasteiger partial charge in [0.1, 0.15) is 5.75 Å². The molecule has 1 aliphatic rings. The third-order valence-corrected chi connectivity index (χ3v) is 3.06. The number of fused-ring (bicyclic) bond motifs is 1. The average Bonchev–Trinajstić information content (AvgIpc) is 2.40. The number of anilines is 1. The molecule has 1 aliphatic heterocycles. The molecule has 0 aliphatic carbocycles. The normalized spacial score (nSPS) is 13.9. The Morgan fingerprint density at radius 2 is 2.15 bits per heavy atom. The van der Waals surface area contributed by atoms with Gasteiger partial charge in [0, 0.05) is 19.5 Å². The van der Waals surface area contributed by atoms with E-state index >= 15 is 0 Å². The molecule has 0 bridgehead atoms. The molecule has 0 spiro atoms. The summed E-state index contributed by atoms with van der Waals surface area (Å²) in [5.74, 6) is 0.983. The van der Waals surface area contributed by atoms with Crippen molar-refractivity contribution in [1.82, 2.24) is 5.32 Å². The molecule has 20 heavy (non-hydrogen) atoms. The van der Waals surface area contributed by atoms with Gasteiger partial charge in [0.25, 0.3) is 5.91 Å². The smallest absolute Gasteiger partial charge is 0.265 e. The van der Waals surface area contributed by atoms with Crippen molar-refractivity contribution in [2.24, 2.45) is 5.92 Å². The number of hydrogen-bond acceptors (Lipinski definition) is 3. The Kier molecular flexibility index (Phi) is 4.61. The minimum atomic E-state index is -0.0817. The third kappa shape index (κ3) is 3.50. The van der Waals surface area contributed by atoms with Crippen LogP contribution in [0.1, 0.15) is 20.3 Å². The minimum absolute atomic E-state index is 0.0222. The number of carbonyl (C=O) groups excluding carboxylic acids is 2. The molecule has 0 unspecified atom stereocenters. The van der Waals surface area contributed by atoms with Gasteiger partial charge >= 0.3 is 0 Å². The Morgan fingerprint density at radius 1 is 1.40 bits per heavy atom. The van der Waals surface area contributed by atoms with E-state index < -0.39 is 0 Å². The van der Waals surface area contributed by atoms with Crippen LogP contribution in [0.3, 0.4) is 0 Å². The molecule has 0 atom stereocenters. The molecule has 1 aromatic rings. The molecule has 0 radical (unpaired) electrons. The molecule has 0 fully saturated rings. The molecule has 0 saturated carbocycles. The zero-order valence-corrected chi connectivity index (χ0v) is 11.9. The van der Waals surface area contributed by atoms with E-state index in [1.165, 1.54) is 0 Å². The molecule has 1 N–H and O–H groups in total. The van der Waals surface area contributed by atoms with Crippen LogP contribution in [0.25, 0.3) is 0 Å². The van der Waals surface area contributed by atoms with Gasteiger partial charge in [-0.05, 0) is 18.1 Å². The first-order valence-electron chi connectivity index (χ1n) is 6.87. The second-order valence-corrected chi connectivity index (χ2v) is 5.25. The highest BCUT2D eigenvalue weighted by Crippen LogP contribution is 2.30. The van der Waals surface area contributed by atoms with E-state index in [1.54, 1.807) is 4.90 Å². The molecule has 1 aromatic carbocycles. The van der Waals surface area contributed by atoms with Crippen molar-refractivity contribution in [3.63, 3.8) is 0 Å². The molecule has 2 amide bonds. The number of carbonyl (C=O) groups is 2. The quantitative estimate of drug-likeness (QED) is 0.888. The van der Waals surface area contributed by atoms with Crippen molar-refractivity contribution in [2.75, 3.05) is 24.6 Å². The first-order valence-corrected chi connectivity index (χ1v) is 6.87. The van der Waals surface area contributed by atoms with E-state index in [4.69, 9.17) is 4.74 Å². The van der Waals surface area contributed by atoms with Crippen molar-refractivity contribution < 1.29 is 14.3 Å². The lowest BCUT2D eigenvalue weighted by Crippen LogP contribution is -2.43. The number of nitrogens with zero attached hydrogens (tertiary/aromatic N) is 1. The topological polar surface area (TPSA) is 58.6 Å². The fourth-order valence-corrected chi connectivity index (χ4v) is 2.15. The maximum atomic E-state index is 11.9. The minimum Gasteiger partial charge on any atom is -0.482 e. The molecule has 108 valence electrons. The first kappa shape index (κ1) is 14.4. The molecule has 1 heterocycles. The number of benzene rings is 1. The largest absolute Gasteiger partial charge is 0.482 e. The van der Waals surface area contributed by atoms with E-state index in [1.807, 2.05) is 38.1 Å². The maximum absolute atomic E-state index is 11.9. The number of amides is 2. The standard InChI is InChI=1S/C15H20N2O3/c1-11(2)9-14(18)16-7-8-17-12-5-3-4-6-13(12)20-10-15(17)19/h3-6,11H,7-10H2,1-2H3,(H,16,18). The lowest BCUT2D eigenvalue weighted by Gasteiger charge is -2.29. The Bertz CT molecular complexity index is 500. The zero-order valence-electron chi connectivity index (χ0n) is 11.9. The van der Waals surface area contributed by atoms with Gasteiger partial charge in [-0.2, -0.15) is 0 Å².